The molecule has 0 saturated heterocycles. The van der Waals surface area contributed by atoms with E-state index in [1.807, 2.05) is 32.0 Å². The number of aromatic nitrogens is 2. The average molecular weight is 342 g/mol. The summed E-state index contributed by atoms with van der Waals surface area (Å²) in [5.41, 5.74) is 1.71. The van der Waals surface area contributed by atoms with Crippen LogP contribution in [0.25, 0.3) is 0 Å². The van der Waals surface area contributed by atoms with Crippen LogP contribution in [0.1, 0.15) is 30.6 Å². The lowest BCUT2D eigenvalue weighted by molar-refractivity contribution is -0.118. The molecular weight excluding hydrogens is 320 g/mol. The number of carbonyl (C=O) groups is 2. The SMILES string of the molecule is CC[C@H](C)[C@H]1C(=O)Nc2ccccc2N1C(=O)c1cnn(CCO)c1. The van der Waals surface area contributed by atoms with E-state index < -0.39 is 6.04 Å². The van der Waals surface area contributed by atoms with E-state index in [2.05, 4.69) is 10.4 Å². The molecule has 25 heavy (non-hydrogen) atoms. The molecule has 3 rings (SSSR count). The zero-order valence-corrected chi connectivity index (χ0v) is 14.3. The van der Waals surface area contributed by atoms with Crippen LogP contribution in [0.4, 0.5) is 11.4 Å². The number of nitrogens with zero attached hydrogens (tertiary/aromatic N) is 3. The van der Waals surface area contributed by atoms with Gasteiger partial charge in [-0.25, -0.2) is 0 Å². The highest BCUT2D eigenvalue weighted by atomic mass is 16.3. The number of benzene rings is 1. The van der Waals surface area contributed by atoms with Crippen LogP contribution in [0.15, 0.2) is 36.7 Å². The Morgan fingerprint density at radius 2 is 2.16 bits per heavy atom. The molecule has 0 aliphatic carbocycles. The lowest BCUT2D eigenvalue weighted by atomic mass is 9.93. The summed E-state index contributed by atoms with van der Waals surface area (Å²) in [4.78, 5) is 27.4. The third-order valence-corrected chi connectivity index (χ3v) is 4.58. The fraction of sp³-hybridized carbons (Fsp3) is 0.389. The Labute approximate surface area is 146 Å². The molecule has 7 nitrogen and oxygen atoms in total. The Morgan fingerprint density at radius 3 is 2.88 bits per heavy atom. The average Bonchev–Trinajstić information content (AvgIpc) is 3.08. The highest BCUT2D eigenvalue weighted by Crippen LogP contribution is 2.35. The van der Waals surface area contributed by atoms with Crippen LogP contribution in [0, 0.1) is 5.92 Å². The van der Waals surface area contributed by atoms with E-state index in [0.29, 0.717) is 23.5 Å². The predicted molar refractivity (Wildman–Crippen MR) is 94.4 cm³/mol. The maximum Gasteiger partial charge on any atom is 0.262 e. The van der Waals surface area contributed by atoms with Crippen LogP contribution in [-0.2, 0) is 11.3 Å². The van der Waals surface area contributed by atoms with Gasteiger partial charge in [0.25, 0.3) is 5.91 Å². The first-order valence-electron chi connectivity index (χ1n) is 8.43. The van der Waals surface area contributed by atoms with Gasteiger partial charge in [-0.2, -0.15) is 5.10 Å². The van der Waals surface area contributed by atoms with Crippen LogP contribution in [-0.4, -0.2) is 39.4 Å². The Kier molecular flexibility index (Phi) is 4.85. The number of hydrogen-bond acceptors (Lipinski definition) is 4. The molecular formula is C18H22N4O3. The minimum absolute atomic E-state index is 0.00444. The van der Waals surface area contributed by atoms with Crippen LogP contribution in [0.5, 0.6) is 0 Å². The van der Waals surface area contributed by atoms with Gasteiger partial charge in [-0.1, -0.05) is 32.4 Å². The second-order valence-corrected chi connectivity index (χ2v) is 6.23. The molecule has 1 aliphatic heterocycles. The van der Waals surface area contributed by atoms with Gasteiger partial charge in [-0.15, -0.1) is 0 Å². The van der Waals surface area contributed by atoms with Gasteiger partial charge in [0.2, 0.25) is 5.91 Å². The van der Waals surface area contributed by atoms with Gasteiger partial charge in [-0.3, -0.25) is 19.2 Å². The molecule has 0 unspecified atom stereocenters. The summed E-state index contributed by atoms with van der Waals surface area (Å²) in [6.07, 6.45) is 3.84. The summed E-state index contributed by atoms with van der Waals surface area (Å²) in [6.45, 7) is 4.23. The number of carbonyl (C=O) groups excluding carboxylic acids is 2. The number of aliphatic hydroxyl groups excluding tert-OH is 1. The first-order valence-corrected chi connectivity index (χ1v) is 8.43. The van der Waals surface area contributed by atoms with Crippen molar-refractivity contribution in [2.45, 2.75) is 32.9 Å². The molecule has 1 aromatic carbocycles. The molecule has 2 aromatic rings. The summed E-state index contributed by atoms with van der Waals surface area (Å²) < 4.78 is 1.52. The molecule has 2 heterocycles. The number of aliphatic hydroxyl groups is 1. The summed E-state index contributed by atoms with van der Waals surface area (Å²) in [5, 5.41) is 16.0. The van der Waals surface area contributed by atoms with Crippen molar-refractivity contribution in [3.63, 3.8) is 0 Å². The molecule has 0 spiro atoms. The van der Waals surface area contributed by atoms with E-state index in [4.69, 9.17) is 5.11 Å². The minimum atomic E-state index is -0.575. The fourth-order valence-corrected chi connectivity index (χ4v) is 3.07. The van der Waals surface area contributed by atoms with E-state index in [-0.39, 0.29) is 24.3 Å². The van der Waals surface area contributed by atoms with Crippen molar-refractivity contribution < 1.29 is 14.7 Å². The first kappa shape index (κ1) is 17.2. The Morgan fingerprint density at radius 1 is 1.40 bits per heavy atom. The van der Waals surface area contributed by atoms with Crippen LogP contribution < -0.4 is 10.2 Å². The highest BCUT2D eigenvalue weighted by molar-refractivity contribution is 6.16. The van der Waals surface area contributed by atoms with Crippen molar-refractivity contribution in [2.24, 2.45) is 5.92 Å². The van der Waals surface area contributed by atoms with Gasteiger partial charge >= 0.3 is 0 Å². The van der Waals surface area contributed by atoms with E-state index >= 15 is 0 Å². The van der Waals surface area contributed by atoms with Crippen LogP contribution in [0.2, 0.25) is 0 Å². The molecule has 2 amide bonds. The third-order valence-electron chi connectivity index (χ3n) is 4.58. The molecule has 132 valence electrons. The number of para-hydroxylation sites is 2. The molecule has 0 radical (unpaired) electrons. The first-order chi connectivity index (χ1) is 12.1. The topological polar surface area (TPSA) is 87.5 Å². The van der Waals surface area contributed by atoms with Crippen molar-refractivity contribution in [1.29, 1.82) is 0 Å². The highest BCUT2D eigenvalue weighted by Gasteiger charge is 2.40. The van der Waals surface area contributed by atoms with E-state index in [1.165, 1.54) is 10.9 Å². The van der Waals surface area contributed by atoms with E-state index in [9.17, 15) is 9.59 Å². The maximum atomic E-state index is 13.2. The Hall–Kier alpha value is -2.67. The van der Waals surface area contributed by atoms with Crippen LogP contribution in [0.3, 0.4) is 0 Å². The maximum absolute atomic E-state index is 13.2. The number of amides is 2. The number of anilines is 2. The molecule has 7 heteroatoms. The molecule has 1 aromatic heterocycles. The van der Waals surface area contributed by atoms with Gasteiger partial charge in [0.1, 0.15) is 6.04 Å². The van der Waals surface area contributed by atoms with Crippen molar-refractivity contribution in [1.82, 2.24) is 9.78 Å². The van der Waals surface area contributed by atoms with E-state index in [0.717, 1.165) is 6.42 Å². The monoisotopic (exact) mass is 342 g/mol. The summed E-state index contributed by atoms with van der Waals surface area (Å²) in [7, 11) is 0. The molecule has 2 atom stereocenters. The minimum Gasteiger partial charge on any atom is -0.394 e. The lowest BCUT2D eigenvalue weighted by Crippen LogP contribution is -2.54. The zero-order valence-electron chi connectivity index (χ0n) is 14.3. The van der Waals surface area contributed by atoms with Crippen LogP contribution >= 0.6 is 0 Å². The Bertz CT molecular complexity index is 786. The fourth-order valence-electron chi connectivity index (χ4n) is 3.07. The number of fused-ring (bicyclic) bond motifs is 1. The number of nitrogens with one attached hydrogen (secondary N) is 1. The van der Waals surface area contributed by atoms with Gasteiger partial charge in [0.15, 0.2) is 0 Å². The molecule has 0 bridgehead atoms. The van der Waals surface area contributed by atoms with Crippen molar-refractivity contribution in [2.75, 3.05) is 16.8 Å². The van der Waals surface area contributed by atoms with Gasteiger partial charge in [0.05, 0.1) is 36.3 Å². The quantitative estimate of drug-likeness (QED) is 0.869. The predicted octanol–water partition coefficient (Wildman–Crippen LogP) is 1.89. The Balaban J connectivity index is 2.04. The zero-order chi connectivity index (χ0) is 18.0. The number of hydrogen-bond donors (Lipinski definition) is 2. The second kappa shape index (κ2) is 7.06. The van der Waals surface area contributed by atoms with Gasteiger partial charge < -0.3 is 10.4 Å². The number of rotatable bonds is 5. The largest absolute Gasteiger partial charge is 0.394 e. The van der Waals surface area contributed by atoms with Crippen molar-refractivity contribution in [3.05, 3.63) is 42.2 Å². The second-order valence-electron chi connectivity index (χ2n) is 6.23. The van der Waals surface area contributed by atoms with Gasteiger partial charge in [-0.05, 0) is 18.1 Å². The normalized spacial score (nSPS) is 17.8. The molecule has 2 N–H and O–H groups in total. The van der Waals surface area contributed by atoms with Crippen molar-refractivity contribution in [3.8, 4) is 0 Å². The standard InChI is InChI=1S/C18H22N4O3/c1-3-12(2)16-17(24)20-14-6-4-5-7-15(14)22(16)18(25)13-10-19-21(11-13)8-9-23/h4-7,10-12,16,23H,3,8-9H2,1-2H3,(H,20,24)/t12-,16-/m0/s1. The molecule has 0 saturated carbocycles. The summed E-state index contributed by atoms with van der Waals surface area (Å²) in [6, 6.07) is 6.72. The van der Waals surface area contributed by atoms with Gasteiger partial charge in [0, 0.05) is 6.20 Å². The molecule has 0 fully saturated rings. The van der Waals surface area contributed by atoms with E-state index in [1.54, 1.807) is 17.2 Å². The van der Waals surface area contributed by atoms with Crippen molar-refractivity contribution >= 4 is 23.2 Å². The molecule has 1 aliphatic rings. The third kappa shape index (κ3) is 3.15. The lowest BCUT2D eigenvalue weighted by Gasteiger charge is -2.39. The smallest absolute Gasteiger partial charge is 0.262 e. The summed E-state index contributed by atoms with van der Waals surface area (Å²) >= 11 is 0. The summed E-state index contributed by atoms with van der Waals surface area (Å²) in [5.74, 6) is -0.439.